The molecular weight excluding hydrogens is 213 g/mol. The highest BCUT2D eigenvalue weighted by molar-refractivity contribution is 5.94. The lowest BCUT2D eigenvalue weighted by molar-refractivity contribution is 0.0520. The Morgan fingerprint density at radius 1 is 1.56 bits per heavy atom. The fourth-order valence-corrected chi connectivity index (χ4v) is 1.63. The average Bonchev–Trinajstić information content (AvgIpc) is 2.74. The van der Waals surface area contributed by atoms with Crippen LogP contribution in [0.2, 0.25) is 0 Å². The van der Waals surface area contributed by atoms with E-state index in [9.17, 15) is 9.18 Å². The molecule has 0 fully saturated rings. The topological polar surface area (TPSA) is 55.2 Å². The van der Waals surface area contributed by atoms with Crippen LogP contribution in [-0.2, 0) is 11.2 Å². The van der Waals surface area contributed by atoms with Gasteiger partial charge in [-0.3, -0.25) is 0 Å². The summed E-state index contributed by atoms with van der Waals surface area (Å²) in [6, 6.07) is 0.856. The molecule has 16 heavy (non-hydrogen) atoms. The zero-order valence-corrected chi connectivity index (χ0v) is 9.09. The van der Waals surface area contributed by atoms with Gasteiger partial charge in [0.05, 0.1) is 17.7 Å². The van der Waals surface area contributed by atoms with Crippen LogP contribution in [0.4, 0.5) is 4.39 Å². The third kappa shape index (κ3) is 1.58. The fourth-order valence-electron chi connectivity index (χ4n) is 1.63. The first kappa shape index (κ1) is 10.7. The van der Waals surface area contributed by atoms with Gasteiger partial charge < -0.3 is 14.1 Å². The highest BCUT2D eigenvalue weighted by Crippen LogP contribution is 2.25. The van der Waals surface area contributed by atoms with Crippen LogP contribution < -0.4 is 0 Å². The molecule has 1 N–H and O–H groups in total. The van der Waals surface area contributed by atoms with Crippen molar-refractivity contribution in [3.8, 4) is 0 Å². The molecule has 5 heteroatoms. The number of fused-ring (bicyclic) bond motifs is 1. The second-order valence-electron chi connectivity index (χ2n) is 3.35. The summed E-state index contributed by atoms with van der Waals surface area (Å²) >= 11 is 0. The molecule has 0 amide bonds. The summed E-state index contributed by atoms with van der Waals surface area (Å²) in [5.41, 5.74) is 1.61. The second kappa shape index (κ2) is 4.00. The predicted molar refractivity (Wildman–Crippen MR) is 55.9 cm³/mol. The maximum Gasteiger partial charge on any atom is 0.354 e. The van der Waals surface area contributed by atoms with E-state index in [0.29, 0.717) is 29.7 Å². The van der Waals surface area contributed by atoms with Crippen LogP contribution in [0, 0.1) is 6.01 Å². The summed E-state index contributed by atoms with van der Waals surface area (Å²) < 4.78 is 22.9. The van der Waals surface area contributed by atoms with Gasteiger partial charge in [0.1, 0.15) is 5.69 Å². The fraction of sp³-hybridized carbons (Fsp3) is 0.364. The largest absolute Gasteiger partial charge is 0.461 e. The van der Waals surface area contributed by atoms with Crippen LogP contribution in [0.15, 0.2) is 10.5 Å². The van der Waals surface area contributed by atoms with Gasteiger partial charge in [-0.2, -0.15) is 4.39 Å². The van der Waals surface area contributed by atoms with Gasteiger partial charge >= 0.3 is 5.97 Å². The third-order valence-electron chi connectivity index (χ3n) is 2.37. The Morgan fingerprint density at radius 2 is 2.31 bits per heavy atom. The minimum atomic E-state index is -0.598. The maximum atomic E-state index is 13.2. The van der Waals surface area contributed by atoms with Gasteiger partial charge in [-0.25, -0.2) is 4.79 Å². The summed E-state index contributed by atoms with van der Waals surface area (Å²) in [6.07, 6.45) is 0.502. The molecular formula is C11H12FNO3. The van der Waals surface area contributed by atoms with Crippen molar-refractivity contribution in [2.75, 3.05) is 6.61 Å². The number of hydrogen-bond acceptors (Lipinski definition) is 3. The minimum Gasteiger partial charge on any atom is -0.461 e. The van der Waals surface area contributed by atoms with Gasteiger partial charge in [0, 0.05) is 6.07 Å². The monoisotopic (exact) mass is 225 g/mol. The van der Waals surface area contributed by atoms with Crippen molar-refractivity contribution in [2.45, 2.75) is 20.3 Å². The molecule has 0 bridgehead atoms. The van der Waals surface area contributed by atoms with Crippen LogP contribution in [0.1, 0.15) is 29.9 Å². The molecule has 0 aromatic carbocycles. The SMILES string of the molecule is CCOC(=O)c1cc2oc(F)c(CC)c2[nH]1. The van der Waals surface area contributed by atoms with Gasteiger partial charge in [-0.05, 0) is 13.3 Å². The summed E-state index contributed by atoms with van der Waals surface area (Å²) in [5, 5.41) is 0. The van der Waals surface area contributed by atoms with Gasteiger partial charge in [0.2, 0.25) is 0 Å². The van der Waals surface area contributed by atoms with Gasteiger partial charge in [-0.1, -0.05) is 6.92 Å². The first-order chi connectivity index (χ1) is 7.67. The molecule has 0 spiro atoms. The molecule has 2 rings (SSSR count). The molecule has 0 aliphatic rings. The number of esters is 1. The van der Waals surface area contributed by atoms with E-state index >= 15 is 0 Å². The van der Waals surface area contributed by atoms with E-state index in [1.54, 1.807) is 6.92 Å². The van der Waals surface area contributed by atoms with Crippen molar-refractivity contribution in [3.63, 3.8) is 0 Å². The number of ether oxygens (including phenoxy) is 1. The number of nitrogens with one attached hydrogen (secondary N) is 1. The van der Waals surface area contributed by atoms with Crippen molar-refractivity contribution in [1.29, 1.82) is 0 Å². The number of hydrogen-bond donors (Lipinski definition) is 1. The number of carbonyl (C=O) groups excluding carboxylic acids is 1. The van der Waals surface area contributed by atoms with Crippen molar-refractivity contribution in [2.24, 2.45) is 0 Å². The van der Waals surface area contributed by atoms with Gasteiger partial charge in [0.25, 0.3) is 6.01 Å². The van der Waals surface area contributed by atoms with Crippen LogP contribution in [0.3, 0.4) is 0 Å². The Bertz CT molecular complexity index is 527. The molecule has 2 aromatic rings. The van der Waals surface area contributed by atoms with E-state index in [1.807, 2.05) is 6.92 Å². The lowest BCUT2D eigenvalue weighted by atomic mass is 10.2. The van der Waals surface area contributed by atoms with Crippen molar-refractivity contribution in [3.05, 3.63) is 23.3 Å². The molecule has 0 unspecified atom stereocenters. The Kier molecular flexibility index (Phi) is 2.68. The highest BCUT2D eigenvalue weighted by Gasteiger charge is 2.18. The van der Waals surface area contributed by atoms with Crippen molar-refractivity contribution in [1.82, 2.24) is 4.98 Å². The Morgan fingerprint density at radius 3 is 2.94 bits per heavy atom. The number of aromatic amines is 1. The van der Waals surface area contributed by atoms with Gasteiger partial charge in [0.15, 0.2) is 5.58 Å². The van der Waals surface area contributed by atoms with E-state index in [1.165, 1.54) is 6.07 Å². The number of furan rings is 1. The molecule has 2 aromatic heterocycles. The average molecular weight is 225 g/mol. The highest BCUT2D eigenvalue weighted by atomic mass is 19.1. The number of aromatic nitrogens is 1. The molecule has 0 saturated carbocycles. The summed E-state index contributed by atoms with van der Waals surface area (Å²) in [6.45, 7) is 3.84. The lowest BCUT2D eigenvalue weighted by Gasteiger charge is -1.97. The van der Waals surface area contributed by atoms with Crippen LogP contribution in [0.5, 0.6) is 0 Å². The molecule has 2 heterocycles. The smallest absolute Gasteiger partial charge is 0.354 e. The van der Waals surface area contributed by atoms with Crippen molar-refractivity contribution >= 4 is 17.1 Å². The van der Waals surface area contributed by atoms with Crippen LogP contribution in [-0.4, -0.2) is 17.6 Å². The summed E-state index contributed by atoms with van der Waals surface area (Å²) in [5.74, 6) is -0.462. The number of halogens is 1. The number of carbonyl (C=O) groups is 1. The van der Waals surface area contributed by atoms with E-state index in [-0.39, 0.29) is 5.69 Å². The minimum absolute atomic E-state index is 0.283. The molecule has 0 saturated heterocycles. The second-order valence-corrected chi connectivity index (χ2v) is 3.35. The van der Waals surface area contributed by atoms with Crippen molar-refractivity contribution < 1.29 is 18.3 Å². The summed E-state index contributed by atoms with van der Waals surface area (Å²) in [4.78, 5) is 14.2. The Labute approximate surface area is 91.4 Å². The first-order valence-electron chi connectivity index (χ1n) is 5.14. The quantitative estimate of drug-likeness (QED) is 0.817. The number of rotatable bonds is 3. The zero-order chi connectivity index (χ0) is 11.7. The Hall–Kier alpha value is -1.78. The predicted octanol–water partition coefficient (Wildman–Crippen LogP) is 2.64. The summed E-state index contributed by atoms with van der Waals surface area (Å²) in [7, 11) is 0. The Balaban J connectivity index is 2.45. The zero-order valence-electron chi connectivity index (χ0n) is 9.09. The molecule has 0 atom stereocenters. The molecule has 0 radical (unpaired) electrons. The van der Waals surface area contributed by atoms with E-state index in [2.05, 4.69) is 4.98 Å². The molecule has 86 valence electrons. The lowest BCUT2D eigenvalue weighted by Crippen LogP contribution is -2.04. The third-order valence-corrected chi connectivity index (χ3v) is 2.37. The number of H-pyrrole nitrogens is 1. The van der Waals surface area contributed by atoms with Crippen LogP contribution >= 0.6 is 0 Å². The van der Waals surface area contributed by atoms with E-state index < -0.39 is 12.0 Å². The number of aryl methyl sites for hydroxylation is 1. The first-order valence-corrected chi connectivity index (χ1v) is 5.14. The van der Waals surface area contributed by atoms with E-state index in [0.717, 1.165) is 0 Å². The molecule has 0 aliphatic carbocycles. The molecule has 0 aliphatic heterocycles. The molecule has 4 nitrogen and oxygen atoms in total. The standard InChI is InChI=1S/C11H12FNO3/c1-3-6-9-8(16-10(6)12)5-7(13-9)11(14)15-4-2/h5,13H,3-4H2,1-2H3. The van der Waals surface area contributed by atoms with Crippen LogP contribution in [0.25, 0.3) is 11.1 Å². The van der Waals surface area contributed by atoms with E-state index in [4.69, 9.17) is 9.15 Å². The van der Waals surface area contributed by atoms with Gasteiger partial charge in [-0.15, -0.1) is 0 Å². The normalized spacial score (nSPS) is 10.9. The maximum absolute atomic E-state index is 13.2.